The molecule has 0 amide bonds. The summed E-state index contributed by atoms with van der Waals surface area (Å²) in [6.45, 7) is 14.6. The van der Waals surface area contributed by atoms with Crippen LogP contribution in [-0.2, 0) is 14.2 Å². The third kappa shape index (κ3) is 24.5. The fourth-order valence-corrected chi connectivity index (χ4v) is 15.6. The number of benzene rings is 6. The Bertz CT molecular complexity index is 3220. The smallest absolute Gasteiger partial charge is 0.338 e. The average Bonchev–Trinajstić information content (AvgIpc) is 0.834. The molecule has 8 nitrogen and oxygen atoms in total. The SMILES string of the molecule is CC1CCC(C2CCC(c3cc(F)c(OC(C)C)c(F)c3)CC2)CC1.CCCCCC1CCC(c2ccc(C(=O)OCC(OC(=O)c3ccc(C4CCC(CCCCC)CC4)cc3)c3ccccc3)cc2)CC1.CCCCCCC(C)OC(=O)c1ccc(-c2ccc(OC)cc2)cc1. The zero-order chi connectivity index (χ0) is 69.6. The molecule has 4 aliphatic carbocycles. The molecule has 532 valence electrons. The molecule has 0 aromatic heterocycles. The van der Waals surface area contributed by atoms with E-state index in [9.17, 15) is 23.2 Å². The predicted molar refractivity (Wildman–Crippen MR) is 395 cm³/mol. The predicted octanol–water partition coefficient (Wildman–Crippen LogP) is 24.9. The molecule has 0 saturated heterocycles. The van der Waals surface area contributed by atoms with E-state index in [1.165, 1.54) is 184 Å². The van der Waals surface area contributed by atoms with E-state index in [-0.39, 0.29) is 36.5 Å². The summed E-state index contributed by atoms with van der Waals surface area (Å²) in [4.78, 5) is 38.6. The Kier molecular flexibility index (Phi) is 32.2. The average molecular weight is 1340 g/mol. The molecule has 4 aliphatic rings. The van der Waals surface area contributed by atoms with Crippen LogP contribution in [0.15, 0.2) is 140 Å². The van der Waals surface area contributed by atoms with Gasteiger partial charge in [-0.25, -0.2) is 23.2 Å². The minimum Gasteiger partial charge on any atom is -0.497 e. The molecular formula is C88H118F2O8. The lowest BCUT2D eigenvalue weighted by molar-refractivity contribution is -0.00134. The van der Waals surface area contributed by atoms with Gasteiger partial charge in [0.2, 0.25) is 0 Å². The number of hydrogen-bond donors (Lipinski definition) is 0. The van der Waals surface area contributed by atoms with E-state index in [4.69, 9.17) is 23.7 Å². The highest BCUT2D eigenvalue weighted by molar-refractivity contribution is 5.91. The van der Waals surface area contributed by atoms with Crippen molar-refractivity contribution in [2.75, 3.05) is 13.7 Å². The van der Waals surface area contributed by atoms with Crippen molar-refractivity contribution in [3.63, 3.8) is 0 Å². The van der Waals surface area contributed by atoms with E-state index in [0.29, 0.717) is 28.5 Å². The van der Waals surface area contributed by atoms with Crippen molar-refractivity contribution in [1.29, 1.82) is 0 Å². The Hall–Kier alpha value is -6.81. The number of methoxy groups -OCH3 is 1. The van der Waals surface area contributed by atoms with Crippen molar-refractivity contribution < 1.29 is 46.8 Å². The molecule has 0 bridgehead atoms. The monoisotopic (exact) mass is 1340 g/mol. The number of unbranched alkanes of at least 4 members (excludes halogenated alkanes) is 7. The summed E-state index contributed by atoms with van der Waals surface area (Å²) in [6.07, 6.45) is 35.6. The largest absolute Gasteiger partial charge is 0.497 e. The number of carbonyl (C=O) groups is 3. The van der Waals surface area contributed by atoms with Gasteiger partial charge in [0.1, 0.15) is 12.4 Å². The zero-order valence-electron chi connectivity index (χ0n) is 60.9. The molecule has 0 heterocycles. The lowest BCUT2D eigenvalue weighted by Crippen LogP contribution is -2.24. The molecule has 4 fully saturated rings. The van der Waals surface area contributed by atoms with E-state index >= 15 is 0 Å². The van der Waals surface area contributed by atoms with Crippen molar-refractivity contribution in [2.24, 2.45) is 29.6 Å². The summed E-state index contributed by atoms with van der Waals surface area (Å²) < 4.78 is 56.2. The third-order valence-corrected chi connectivity index (χ3v) is 21.8. The third-order valence-electron chi connectivity index (χ3n) is 21.8. The summed E-state index contributed by atoms with van der Waals surface area (Å²) >= 11 is 0. The van der Waals surface area contributed by atoms with Gasteiger partial charge in [-0.15, -0.1) is 0 Å². The number of hydrogen-bond acceptors (Lipinski definition) is 8. The number of halogens is 2. The summed E-state index contributed by atoms with van der Waals surface area (Å²) in [6, 6.07) is 43.9. The van der Waals surface area contributed by atoms with Crippen molar-refractivity contribution in [3.8, 4) is 22.6 Å². The standard InChI is InChI=1S/C44H58O4.C22H32F2O.C22H28O3/c1-3-5-8-12-33-16-20-35(21-17-33)37-24-28-40(29-25-37)43(45)47-32-42(39-14-10-7-11-15-39)48-44(46)41-30-26-38(27-31-41)36-22-18-34(19-23-36)13-9-6-4-2;1-14(2)25-22-20(23)12-19(13-21(22)24)18-10-8-17(9-11-18)16-6-4-15(3)5-7-16;1-4-5-6-7-8-17(2)25-22(23)20-11-9-18(10-12-20)19-13-15-21(24-3)16-14-19/h7,10-11,14-15,24-31,33-36,42H,3-6,8-9,12-13,16-23,32H2,1-2H3;12-18H,4-11H2,1-3H3;9-17H,4-8H2,1-3H3. The highest BCUT2D eigenvalue weighted by atomic mass is 19.1. The van der Waals surface area contributed by atoms with Gasteiger partial charge in [0, 0.05) is 0 Å². The fraction of sp³-hybridized carbons (Fsp3) is 0.557. The minimum absolute atomic E-state index is 0.0365. The molecule has 0 aliphatic heterocycles. The van der Waals surface area contributed by atoms with Crippen LogP contribution in [0.25, 0.3) is 11.1 Å². The van der Waals surface area contributed by atoms with Crippen LogP contribution in [-0.4, -0.2) is 43.8 Å². The first kappa shape index (κ1) is 76.9. The normalized spacial score (nSPS) is 21.4. The van der Waals surface area contributed by atoms with E-state index < -0.39 is 29.7 Å². The van der Waals surface area contributed by atoms with Crippen LogP contribution in [0.5, 0.6) is 11.5 Å². The summed E-state index contributed by atoms with van der Waals surface area (Å²) in [7, 11) is 1.65. The van der Waals surface area contributed by atoms with Crippen LogP contribution in [0.4, 0.5) is 8.78 Å². The van der Waals surface area contributed by atoms with Gasteiger partial charge in [-0.1, -0.05) is 190 Å². The summed E-state index contributed by atoms with van der Waals surface area (Å²) in [5.74, 6) is 4.20. The Labute approximate surface area is 588 Å². The van der Waals surface area contributed by atoms with E-state index in [0.717, 1.165) is 83.3 Å². The highest BCUT2D eigenvalue weighted by Crippen LogP contribution is 2.45. The molecule has 0 spiro atoms. The Balaban J connectivity index is 0.000000206. The first-order valence-corrected chi connectivity index (χ1v) is 38.3. The van der Waals surface area contributed by atoms with Crippen LogP contribution in [0.2, 0.25) is 0 Å². The van der Waals surface area contributed by atoms with Crippen molar-refractivity contribution in [3.05, 3.63) is 190 Å². The van der Waals surface area contributed by atoms with Crippen LogP contribution in [0.1, 0.15) is 312 Å². The zero-order valence-corrected chi connectivity index (χ0v) is 60.9. The van der Waals surface area contributed by atoms with Crippen molar-refractivity contribution in [2.45, 2.75) is 271 Å². The Morgan fingerprint density at radius 1 is 0.459 bits per heavy atom. The summed E-state index contributed by atoms with van der Waals surface area (Å²) in [5.41, 5.74) is 8.02. The Morgan fingerprint density at radius 2 is 0.888 bits per heavy atom. The molecule has 0 N–H and O–H groups in total. The van der Waals surface area contributed by atoms with Crippen LogP contribution < -0.4 is 9.47 Å². The molecule has 2 atom stereocenters. The van der Waals surface area contributed by atoms with Gasteiger partial charge in [0.25, 0.3) is 0 Å². The van der Waals surface area contributed by atoms with E-state index in [1.54, 1.807) is 21.0 Å². The second-order valence-corrected chi connectivity index (χ2v) is 29.6. The Morgan fingerprint density at radius 3 is 1.37 bits per heavy atom. The lowest BCUT2D eigenvalue weighted by atomic mass is 9.68. The molecule has 0 radical (unpaired) electrons. The quantitative estimate of drug-likeness (QED) is 0.0260. The van der Waals surface area contributed by atoms with Gasteiger partial charge < -0.3 is 23.7 Å². The van der Waals surface area contributed by atoms with Gasteiger partial charge in [-0.3, -0.25) is 0 Å². The molecule has 10 heteroatoms. The highest BCUT2D eigenvalue weighted by Gasteiger charge is 2.32. The second kappa shape index (κ2) is 41.1. The topological polar surface area (TPSA) is 97.4 Å². The van der Waals surface area contributed by atoms with Gasteiger partial charge >= 0.3 is 17.9 Å². The first-order valence-electron chi connectivity index (χ1n) is 38.3. The molecule has 98 heavy (non-hydrogen) atoms. The maximum atomic E-state index is 14.3. The van der Waals surface area contributed by atoms with Gasteiger partial charge in [-0.2, -0.15) is 0 Å². The first-order chi connectivity index (χ1) is 47.6. The maximum Gasteiger partial charge on any atom is 0.338 e. The number of carbonyl (C=O) groups excluding carboxylic acids is 3. The van der Waals surface area contributed by atoms with E-state index in [1.807, 2.05) is 110 Å². The summed E-state index contributed by atoms with van der Waals surface area (Å²) in [5, 5.41) is 0. The molecule has 4 saturated carbocycles. The van der Waals surface area contributed by atoms with Crippen LogP contribution in [0, 0.1) is 41.2 Å². The molecule has 6 aromatic rings. The van der Waals surface area contributed by atoms with Gasteiger partial charge in [-0.05, 0) is 265 Å². The number of rotatable bonds is 29. The van der Waals surface area contributed by atoms with Crippen LogP contribution in [0.3, 0.4) is 0 Å². The molecule has 10 rings (SSSR count). The number of ether oxygens (including phenoxy) is 5. The lowest BCUT2D eigenvalue weighted by Gasteiger charge is -2.37. The van der Waals surface area contributed by atoms with Crippen molar-refractivity contribution >= 4 is 17.9 Å². The molecule has 2 unspecified atom stereocenters. The second-order valence-electron chi connectivity index (χ2n) is 29.6. The maximum absolute atomic E-state index is 14.3. The molecule has 6 aromatic carbocycles. The van der Waals surface area contributed by atoms with E-state index in [2.05, 4.69) is 52.0 Å². The van der Waals surface area contributed by atoms with Gasteiger partial charge in [0.15, 0.2) is 23.5 Å². The minimum atomic E-state index is -0.697. The number of esters is 3. The molecular weight excluding hydrogens is 1220 g/mol. The van der Waals surface area contributed by atoms with Crippen LogP contribution >= 0.6 is 0 Å². The van der Waals surface area contributed by atoms with Crippen molar-refractivity contribution in [1.82, 2.24) is 0 Å². The fourth-order valence-electron chi connectivity index (χ4n) is 15.6. The van der Waals surface area contributed by atoms with Gasteiger partial charge in [0.05, 0.1) is 36.0 Å².